The Labute approximate surface area is 175 Å². The van der Waals surface area contributed by atoms with Crippen LogP contribution in [0.5, 0.6) is 0 Å². The highest BCUT2D eigenvalue weighted by Crippen LogP contribution is 2.54. The molecule has 30 heavy (non-hydrogen) atoms. The molecule has 2 heterocycles. The van der Waals surface area contributed by atoms with Crippen LogP contribution < -0.4 is 0 Å². The maximum atomic E-state index is 12.1. The van der Waals surface area contributed by atoms with E-state index in [1.165, 1.54) is 6.92 Å². The molecule has 0 radical (unpaired) electrons. The molecule has 12 nitrogen and oxygen atoms in total. The number of esters is 1. The molecule has 0 aromatic rings. The summed E-state index contributed by atoms with van der Waals surface area (Å²) >= 11 is 6.12. The Hall–Kier alpha value is -1.06. The number of hydrogen-bond donors (Lipinski definition) is 7. The van der Waals surface area contributed by atoms with Crippen LogP contribution in [0.25, 0.3) is 0 Å². The van der Waals surface area contributed by atoms with Crippen molar-refractivity contribution in [1.82, 2.24) is 0 Å². The van der Waals surface area contributed by atoms with E-state index in [0.717, 1.165) is 13.4 Å². The van der Waals surface area contributed by atoms with Gasteiger partial charge in [-0.25, -0.2) is 4.79 Å². The monoisotopic (exact) mass is 456 g/mol. The number of methoxy groups -OCH3 is 1. The summed E-state index contributed by atoms with van der Waals surface area (Å²) in [5.74, 6) is -2.62. The molecule has 11 atom stereocenters. The van der Waals surface area contributed by atoms with E-state index in [1.54, 1.807) is 0 Å². The van der Waals surface area contributed by atoms with Crippen LogP contribution in [0.4, 0.5) is 0 Å². The standard InChI is InChI=1S/C17H25ClO12/c1-16(25)10-15(30-14-9(22)8(21)7(20)6(3-19)29-14)28-4-5(13(24)27-2)17(10,26)12(23)11(16)18/h4,6-12,14-15,19-23,25-26H,3H2,1-2H3/t6-,7-,8+,9-,10+,11+,12+,14+,15-,16+,17-/m0/s1. The number of rotatable bonds is 4. The molecule has 0 aromatic carbocycles. The van der Waals surface area contributed by atoms with Crippen molar-refractivity contribution in [2.24, 2.45) is 5.92 Å². The third-order valence-corrected chi connectivity index (χ3v) is 6.62. The lowest BCUT2D eigenvalue weighted by atomic mass is 9.76. The highest BCUT2D eigenvalue weighted by molar-refractivity contribution is 6.22. The van der Waals surface area contributed by atoms with E-state index in [-0.39, 0.29) is 0 Å². The van der Waals surface area contributed by atoms with Gasteiger partial charge in [0.05, 0.1) is 30.6 Å². The summed E-state index contributed by atoms with van der Waals surface area (Å²) in [4.78, 5) is 12.1. The molecule has 3 aliphatic rings. The minimum atomic E-state index is -2.46. The first-order valence-corrected chi connectivity index (χ1v) is 9.53. The molecule has 1 saturated carbocycles. The molecule has 0 bridgehead atoms. The Balaban J connectivity index is 1.96. The number of carbonyl (C=O) groups excluding carboxylic acids is 1. The van der Waals surface area contributed by atoms with Crippen molar-refractivity contribution in [2.45, 2.75) is 66.6 Å². The van der Waals surface area contributed by atoms with Gasteiger partial charge in [0.25, 0.3) is 0 Å². The van der Waals surface area contributed by atoms with Crippen molar-refractivity contribution < 1.29 is 59.5 Å². The largest absolute Gasteiger partial charge is 0.471 e. The third kappa shape index (κ3) is 3.32. The second-order valence-corrected chi connectivity index (χ2v) is 8.21. The molecule has 3 rings (SSSR count). The van der Waals surface area contributed by atoms with Crippen LogP contribution in [-0.2, 0) is 23.7 Å². The zero-order chi connectivity index (χ0) is 22.6. The number of aliphatic hydroxyl groups is 7. The van der Waals surface area contributed by atoms with E-state index >= 15 is 0 Å². The minimum absolute atomic E-state index is 0.514. The summed E-state index contributed by atoms with van der Waals surface area (Å²) in [5.41, 5.74) is -5.03. The molecule has 13 heteroatoms. The summed E-state index contributed by atoms with van der Waals surface area (Å²) in [6.45, 7) is 0.472. The van der Waals surface area contributed by atoms with Gasteiger partial charge in [0.15, 0.2) is 6.29 Å². The van der Waals surface area contributed by atoms with E-state index in [2.05, 4.69) is 4.74 Å². The fourth-order valence-corrected chi connectivity index (χ4v) is 4.53. The van der Waals surface area contributed by atoms with Crippen LogP contribution >= 0.6 is 11.6 Å². The molecule has 1 saturated heterocycles. The number of carbonyl (C=O) groups is 1. The molecule has 7 N–H and O–H groups in total. The van der Waals surface area contributed by atoms with Crippen molar-refractivity contribution in [3.05, 3.63) is 11.8 Å². The lowest BCUT2D eigenvalue weighted by molar-refractivity contribution is -0.352. The topological polar surface area (TPSA) is 196 Å². The van der Waals surface area contributed by atoms with Crippen LogP contribution in [0.3, 0.4) is 0 Å². The molecular formula is C17H25ClO12. The first-order chi connectivity index (χ1) is 13.9. The van der Waals surface area contributed by atoms with E-state index in [4.69, 9.17) is 25.8 Å². The third-order valence-electron chi connectivity index (χ3n) is 5.94. The van der Waals surface area contributed by atoms with E-state index in [0.29, 0.717) is 0 Å². The highest BCUT2D eigenvalue weighted by atomic mass is 35.5. The Morgan fingerprint density at radius 1 is 1.17 bits per heavy atom. The number of fused-ring (bicyclic) bond motifs is 1. The predicted molar refractivity (Wildman–Crippen MR) is 94.5 cm³/mol. The molecule has 0 spiro atoms. The van der Waals surface area contributed by atoms with Gasteiger partial charge in [-0.05, 0) is 6.92 Å². The number of alkyl halides is 1. The quantitative estimate of drug-likeness (QED) is 0.162. The molecule has 2 aliphatic heterocycles. The van der Waals surface area contributed by atoms with Gasteiger partial charge in [-0.1, -0.05) is 0 Å². The fourth-order valence-electron chi connectivity index (χ4n) is 4.21. The molecule has 1 aliphatic carbocycles. The maximum absolute atomic E-state index is 12.1. The summed E-state index contributed by atoms with van der Waals surface area (Å²) < 4.78 is 20.7. The van der Waals surface area contributed by atoms with Gasteiger partial charge in [0, 0.05) is 0 Å². The summed E-state index contributed by atoms with van der Waals surface area (Å²) in [6.07, 6.45) is -10.9. The van der Waals surface area contributed by atoms with Crippen molar-refractivity contribution in [2.75, 3.05) is 13.7 Å². The molecule has 172 valence electrons. The Bertz CT molecular complexity index is 698. The van der Waals surface area contributed by atoms with E-state index in [1.807, 2.05) is 0 Å². The minimum Gasteiger partial charge on any atom is -0.471 e. The maximum Gasteiger partial charge on any atom is 0.339 e. The summed E-state index contributed by atoms with van der Waals surface area (Å²) in [6, 6.07) is 0. The average molecular weight is 457 g/mol. The second-order valence-electron chi connectivity index (χ2n) is 7.74. The van der Waals surface area contributed by atoms with Gasteiger partial charge < -0.3 is 54.7 Å². The van der Waals surface area contributed by atoms with Gasteiger partial charge >= 0.3 is 5.97 Å². The highest BCUT2D eigenvalue weighted by Gasteiger charge is 2.72. The summed E-state index contributed by atoms with van der Waals surface area (Å²) in [7, 11) is 1.04. The van der Waals surface area contributed by atoms with Gasteiger partial charge in [-0.2, -0.15) is 0 Å². The molecule has 0 unspecified atom stereocenters. The SMILES string of the molecule is COC(=O)C1=CO[C@@H](O[C@H]2O[C@@H](CO)[C@H](O)[C@@H](O)[C@@H]2O)[C@@H]2[C@@](C)(O)[C@H](Cl)[C@@H](O)[C@]12O. The smallest absolute Gasteiger partial charge is 0.339 e. The van der Waals surface area contributed by atoms with Gasteiger partial charge in [-0.15, -0.1) is 11.6 Å². The van der Waals surface area contributed by atoms with E-state index < -0.39 is 83.7 Å². The molecule has 0 aromatic heterocycles. The van der Waals surface area contributed by atoms with Crippen molar-refractivity contribution >= 4 is 17.6 Å². The number of halogens is 1. The fraction of sp³-hybridized carbons (Fsp3) is 0.824. The van der Waals surface area contributed by atoms with E-state index in [9.17, 15) is 40.5 Å². The van der Waals surface area contributed by atoms with Gasteiger partial charge in [0.2, 0.25) is 6.29 Å². The van der Waals surface area contributed by atoms with Crippen molar-refractivity contribution in [3.63, 3.8) is 0 Å². The van der Waals surface area contributed by atoms with Crippen LogP contribution in [0.2, 0.25) is 0 Å². The Kier molecular flexibility index (Phi) is 6.40. The van der Waals surface area contributed by atoms with Crippen LogP contribution in [-0.4, -0.2) is 115 Å². The lowest BCUT2D eigenvalue weighted by Gasteiger charge is -2.46. The lowest BCUT2D eigenvalue weighted by Crippen LogP contribution is -2.63. The Morgan fingerprint density at radius 2 is 1.80 bits per heavy atom. The predicted octanol–water partition coefficient (Wildman–Crippen LogP) is -3.70. The average Bonchev–Trinajstić information content (AvgIpc) is 2.85. The normalized spacial score (nSPS) is 51.0. The van der Waals surface area contributed by atoms with Crippen LogP contribution in [0.15, 0.2) is 11.8 Å². The number of hydrogen-bond acceptors (Lipinski definition) is 12. The number of ether oxygens (including phenoxy) is 4. The van der Waals surface area contributed by atoms with Crippen molar-refractivity contribution in [3.8, 4) is 0 Å². The zero-order valence-corrected chi connectivity index (χ0v) is 16.8. The van der Waals surface area contributed by atoms with Crippen molar-refractivity contribution in [1.29, 1.82) is 0 Å². The summed E-state index contributed by atoms with van der Waals surface area (Å²) in [5, 5.41) is 70.5. The first-order valence-electron chi connectivity index (χ1n) is 9.10. The second kappa shape index (κ2) is 8.13. The first kappa shape index (κ1) is 23.6. The Morgan fingerprint density at radius 3 is 2.37 bits per heavy atom. The van der Waals surface area contributed by atoms with Gasteiger partial charge in [0.1, 0.15) is 48.0 Å². The van der Waals surface area contributed by atoms with Crippen LogP contribution in [0.1, 0.15) is 6.92 Å². The molecule has 2 fully saturated rings. The number of aliphatic hydroxyl groups excluding tert-OH is 5. The van der Waals surface area contributed by atoms with Crippen LogP contribution in [0, 0.1) is 5.92 Å². The molecular weight excluding hydrogens is 432 g/mol. The zero-order valence-electron chi connectivity index (χ0n) is 16.0. The molecule has 0 amide bonds. The van der Waals surface area contributed by atoms with Gasteiger partial charge in [-0.3, -0.25) is 0 Å².